The van der Waals surface area contributed by atoms with Crippen molar-refractivity contribution >= 4 is 15.9 Å². The molecule has 0 amide bonds. The number of ether oxygens (including phenoxy) is 2. The molecule has 0 aromatic carbocycles. The fourth-order valence-electron chi connectivity index (χ4n) is 3.30. The van der Waals surface area contributed by atoms with E-state index >= 15 is 0 Å². The van der Waals surface area contributed by atoms with Crippen molar-refractivity contribution in [1.29, 1.82) is 0 Å². The van der Waals surface area contributed by atoms with Crippen LogP contribution in [0.2, 0.25) is 0 Å². The largest absolute Gasteiger partial charge is 0.371 e. The summed E-state index contributed by atoms with van der Waals surface area (Å²) in [6.07, 6.45) is 1.36. The van der Waals surface area contributed by atoms with Gasteiger partial charge in [0.25, 0.3) is 0 Å². The number of fused-ring (bicyclic) bond motifs is 2. The molecule has 4 atom stereocenters. The third kappa shape index (κ3) is 1.87. The molecule has 0 N–H and O–H groups in total. The van der Waals surface area contributed by atoms with Crippen molar-refractivity contribution in [1.82, 2.24) is 0 Å². The number of hydrogen-bond acceptors (Lipinski definition) is 2. The number of alkyl halides is 1. The highest BCUT2D eigenvalue weighted by Crippen LogP contribution is 2.52. The minimum absolute atomic E-state index is 0.0266. The lowest BCUT2D eigenvalue weighted by Crippen LogP contribution is -2.40. The molecular weight excluding hydrogens is 256 g/mol. The molecule has 3 heteroatoms. The molecule has 2 aliphatic rings. The second-order valence-corrected chi connectivity index (χ2v) is 6.58. The summed E-state index contributed by atoms with van der Waals surface area (Å²) < 4.78 is 12.0. The van der Waals surface area contributed by atoms with Crippen LogP contribution in [0.1, 0.15) is 34.1 Å². The third-order valence-electron chi connectivity index (χ3n) is 3.56. The zero-order valence-corrected chi connectivity index (χ0v) is 11.6. The van der Waals surface area contributed by atoms with Gasteiger partial charge in [-0.25, -0.2) is 0 Å². The maximum atomic E-state index is 6.12. The second-order valence-electron chi connectivity index (χ2n) is 5.68. The van der Waals surface area contributed by atoms with Crippen LogP contribution in [0.3, 0.4) is 0 Å². The van der Waals surface area contributed by atoms with E-state index in [2.05, 4.69) is 43.6 Å². The molecule has 2 nitrogen and oxygen atoms in total. The topological polar surface area (TPSA) is 18.5 Å². The molecule has 0 aromatic rings. The van der Waals surface area contributed by atoms with Gasteiger partial charge in [-0.15, -0.1) is 0 Å². The van der Waals surface area contributed by atoms with Crippen LogP contribution < -0.4 is 0 Å². The van der Waals surface area contributed by atoms with E-state index in [1.165, 1.54) is 0 Å². The van der Waals surface area contributed by atoms with Crippen LogP contribution in [0, 0.1) is 17.8 Å². The van der Waals surface area contributed by atoms with E-state index in [4.69, 9.17) is 9.47 Å². The molecule has 88 valence electrons. The fourth-order valence-corrected chi connectivity index (χ4v) is 4.15. The number of halogens is 1. The predicted molar refractivity (Wildman–Crippen MR) is 64.1 cm³/mol. The van der Waals surface area contributed by atoms with E-state index in [1.54, 1.807) is 0 Å². The Labute approximate surface area is 101 Å². The summed E-state index contributed by atoms with van der Waals surface area (Å²) in [5.74, 6) is 1.83. The fraction of sp³-hybridized carbons (Fsp3) is 1.00. The first-order valence-corrected chi connectivity index (χ1v) is 6.81. The molecule has 0 spiro atoms. The lowest BCUT2D eigenvalue weighted by Gasteiger charge is -2.33. The van der Waals surface area contributed by atoms with E-state index in [-0.39, 0.29) is 16.7 Å². The SMILES string of the molecule is CC(C)CC12COC(C(Br)O1)C2C(C)C. The Morgan fingerprint density at radius 2 is 2.00 bits per heavy atom. The van der Waals surface area contributed by atoms with Crippen LogP contribution in [-0.4, -0.2) is 23.3 Å². The van der Waals surface area contributed by atoms with Crippen molar-refractivity contribution in [2.45, 2.75) is 50.8 Å². The van der Waals surface area contributed by atoms with Crippen LogP contribution in [-0.2, 0) is 9.47 Å². The average molecular weight is 277 g/mol. The number of hydrogen-bond donors (Lipinski definition) is 0. The van der Waals surface area contributed by atoms with E-state index < -0.39 is 0 Å². The van der Waals surface area contributed by atoms with Crippen molar-refractivity contribution in [2.24, 2.45) is 17.8 Å². The Morgan fingerprint density at radius 3 is 2.47 bits per heavy atom. The quantitative estimate of drug-likeness (QED) is 0.738. The molecular formula is C12H21BrO2. The standard InChI is InChI=1S/C12H21BrO2/c1-7(2)5-12-6-14-10(11(13)15-12)9(12)8(3)4/h7-11H,5-6H2,1-4H3. The molecule has 0 aliphatic carbocycles. The molecule has 2 saturated heterocycles. The molecule has 2 heterocycles. The van der Waals surface area contributed by atoms with Crippen LogP contribution >= 0.6 is 15.9 Å². The first-order valence-electron chi connectivity index (χ1n) is 5.90. The first-order chi connectivity index (χ1) is 6.96. The van der Waals surface area contributed by atoms with Gasteiger partial charge in [-0.05, 0) is 18.3 Å². The van der Waals surface area contributed by atoms with Gasteiger partial charge in [-0.1, -0.05) is 43.6 Å². The van der Waals surface area contributed by atoms with Gasteiger partial charge in [0, 0.05) is 5.92 Å². The van der Waals surface area contributed by atoms with Crippen LogP contribution in [0.25, 0.3) is 0 Å². The van der Waals surface area contributed by atoms with Crippen molar-refractivity contribution < 1.29 is 9.47 Å². The van der Waals surface area contributed by atoms with Gasteiger partial charge in [-0.2, -0.15) is 0 Å². The van der Waals surface area contributed by atoms with Gasteiger partial charge in [0.2, 0.25) is 0 Å². The molecule has 2 aliphatic heterocycles. The zero-order valence-electron chi connectivity index (χ0n) is 10.00. The summed E-state index contributed by atoms with van der Waals surface area (Å²) in [7, 11) is 0. The van der Waals surface area contributed by atoms with Crippen molar-refractivity contribution in [3.8, 4) is 0 Å². The molecule has 4 unspecified atom stereocenters. The first kappa shape index (κ1) is 11.9. The zero-order chi connectivity index (χ0) is 11.2. The normalized spacial score (nSPS) is 44.6. The van der Waals surface area contributed by atoms with Crippen molar-refractivity contribution in [3.63, 3.8) is 0 Å². The van der Waals surface area contributed by atoms with E-state index in [0.29, 0.717) is 17.8 Å². The van der Waals surface area contributed by atoms with Gasteiger partial charge in [0.1, 0.15) is 5.01 Å². The molecule has 0 aromatic heterocycles. The van der Waals surface area contributed by atoms with Crippen molar-refractivity contribution in [3.05, 3.63) is 0 Å². The summed E-state index contributed by atoms with van der Waals surface area (Å²) in [6, 6.07) is 0. The summed E-state index contributed by atoms with van der Waals surface area (Å²) in [6.45, 7) is 9.83. The highest BCUT2D eigenvalue weighted by molar-refractivity contribution is 9.09. The maximum absolute atomic E-state index is 6.12. The Morgan fingerprint density at radius 1 is 1.33 bits per heavy atom. The van der Waals surface area contributed by atoms with Gasteiger partial charge < -0.3 is 9.47 Å². The Bertz CT molecular complexity index is 242. The summed E-state index contributed by atoms with van der Waals surface area (Å²) in [4.78, 5) is 0. The molecule has 0 radical (unpaired) electrons. The summed E-state index contributed by atoms with van der Waals surface area (Å²) in [5, 5.41) is 0.0948. The smallest absolute Gasteiger partial charge is 0.139 e. The van der Waals surface area contributed by atoms with Gasteiger partial charge in [0.15, 0.2) is 0 Å². The minimum Gasteiger partial charge on any atom is -0.371 e. The highest BCUT2D eigenvalue weighted by atomic mass is 79.9. The monoisotopic (exact) mass is 276 g/mol. The van der Waals surface area contributed by atoms with Crippen LogP contribution in [0.15, 0.2) is 0 Å². The molecule has 2 rings (SSSR count). The van der Waals surface area contributed by atoms with Gasteiger partial charge in [-0.3, -0.25) is 0 Å². The number of rotatable bonds is 3. The molecule has 2 fully saturated rings. The van der Waals surface area contributed by atoms with Gasteiger partial charge >= 0.3 is 0 Å². The van der Waals surface area contributed by atoms with Gasteiger partial charge in [0.05, 0.1) is 18.3 Å². The summed E-state index contributed by atoms with van der Waals surface area (Å²) >= 11 is 3.58. The minimum atomic E-state index is -0.0266. The van der Waals surface area contributed by atoms with Crippen LogP contribution in [0.4, 0.5) is 0 Å². The lowest BCUT2D eigenvalue weighted by atomic mass is 9.76. The third-order valence-corrected chi connectivity index (χ3v) is 4.27. The molecule has 2 bridgehead atoms. The Kier molecular flexibility index (Phi) is 3.17. The second kappa shape index (κ2) is 4.01. The Balaban J connectivity index is 2.21. The molecule has 0 saturated carbocycles. The van der Waals surface area contributed by atoms with E-state index in [9.17, 15) is 0 Å². The summed E-state index contributed by atoms with van der Waals surface area (Å²) in [5.41, 5.74) is -0.0266. The van der Waals surface area contributed by atoms with Crippen LogP contribution in [0.5, 0.6) is 0 Å². The predicted octanol–water partition coefficient (Wildman–Crippen LogP) is 3.19. The Hall–Kier alpha value is 0.400. The molecule has 15 heavy (non-hydrogen) atoms. The van der Waals surface area contributed by atoms with E-state index in [0.717, 1.165) is 13.0 Å². The van der Waals surface area contributed by atoms with Crippen molar-refractivity contribution in [2.75, 3.05) is 6.61 Å². The highest BCUT2D eigenvalue weighted by Gasteiger charge is 2.61. The van der Waals surface area contributed by atoms with E-state index in [1.807, 2.05) is 0 Å². The maximum Gasteiger partial charge on any atom is 0.139 e. The average Bonchev–Trinajstić information content (AvgIpc) is 2.53. The lowest BCUT2D eigenvalue weighted by molar-refractivity contribution is -0.117.